The molecule has 0 amide bonds. The van der Waals surface area contributed by atoms with Gasteiger partial charge in [-0.25, -0.2) is 0 Å². The van der Waals surface area contributed by atoms with Crippen LogP contribution in [-0.4, -0.2) is 0 Å². The van der Waals surface area contributed by atoms with E-state index in [1.54, 1.807) is 6.07 Å². The molecule has 2 N–H and O–H groups in total. The monoisotopic (exact) mass is 202 g/mol. The molecule has 0 aliphatic heterocycles. The summed E-state index contributed by atoms with van der Waals surface area (Å²) in [5.74, 6) is 0. The molecule has 0 spiro atoms. The Kier molecular flexibility index (Phi) is 4.70. The smallest absolute Gasteiger partial charge is 0.101 e. The second kappa shape index (κ2) is 6.08. The van der Waals surface area contributed by atoms with Gasteiger partial charge in [0, 0.05) is 0 Å². The van der Waals surface area contributed by atoms with Gasteiger partial charge in [0.15, 0.2) is 0 Å². The van der Waals surface area contributed by atoms with Gasteiger partial charge in [-0.3, -0.25) is 0 Å². The lowest BCUT2D eigenvalue weighted by atomic mass is 10.0. The van der Waals surface area contributed by atoms with Gasteiger partial charge in [0.05, 0.1) is 11.3 Å². The van der Waals surface area contributed by atoms with Crippen molar-refractivity contribution >= 4 is 5.69 Å². The van der Waals surface area contributed by atoms with Crippen LogP contribution in [0.1, 0.15) is 43.7 Å². The number of rotatable bonds is 5. The summed E-state index contributed by atoms with van der Waals surface area (Å²) in [6, 6.07) is 7.80. The normalized spacial score (nSPS) is 9.87. The van der Waals surface area contributed by atoms with Crippen LogP contribution >= 0.6 is 0 Å². The fourth-order valence-corrected chi connectivity index (χ4v) is 1.67. The molecule has 0 saturated heterocycles. The number of nitrogens with two attached hydrogens (primary N) is 1. The molecule has 0 radical (unpaired) electrons. The van der Waals surface area contributed by atoms with E-state index in [1.807, 2.05) is 12.1 Å². The predicted molar refractivity (Wildman–Crippen MR) is 63.4 cm³/mol. The highest BCUT2D eigenvalue weighted by molar-refractivity contribution is 5.59. The van der Waals surface area contributed by atoms with Gasteiger partial charge in [0.1, 0.15) is 6.07 Å². The number of nitrogen functional groups attached to an aromatic ring is 1. The maximum atomic E-state index is 8.82. The van der Waals surface area contributed by atoms with Gasteiger partial charge >= 0.3 is 0 Å². The molecule has 0 aromatic heterocycles. The zero-order chi connectivity index (χ0) is 11.1. The third-order valence-electron chi connectivity index (χ3n) is 2.62. The van der Waals surface area contributed by atoms with E-state index in [-0.39, 0.29) is 0 Å². The number of hydrogen-bond donors (Lipinski definition) is 1. The van der Waals surface area contributed by atoms with Gasteiger partial charge in [-0.1, -0.05) is 38.3 Å². The van der Waals surface area contributed by atoms with Crippen LogP contribution in [0.5, 0.6) is 0 Å². The minimum atomic E-state index is 0.600. The Hall–Kier alpha value is -1.49. The quantitative estimate of drug-likeness (QED) is 0.588. The SMILES string of the molecule is CCCCCCc1cccc(C#N)c1N. The van der Waals surface area contributed by atoms with Gasteiger partial charge < -0.3 is 5.73 Å². The number of anilines is 1. The van der Waals surface area contributed by atoms with Gasteiger partial charge in [0.25, 0.3) is 0 Å². The van der Waals surface area contributed by atoms with Crippen LogP contribution in [0, 0.1) is 11.3 Å². The molecule has 0 aliphatic rings. The molecule has 2 heteroatoms. The van der Waals surface area contributed by atoms with Crippen LogP contribution < -0.4 is 5.73 Å². The molecule has 0 fully saturated rings. The molecular formula is C13H18N2. The first-order valence-electron chi connectivity index (χ1n) is 5.57. The zero-order valence-corrected chi connectivity index (χ0v) is 9.29. The number of para-hydroxylation sites is 1. The lowest BCUT2D eigenvalue weighted by Gasteiger charge is -2.06. The van der Waals surface area contributed by atoms with Crippen LogP contribution in [0.3, 0.4) is 0 Å². The van der Waals surface area contributed by atoms with Crippen LogP contribution in [-0.2, 0) is 6.42 Å². The molecule has 2 nitrogen and oxygen atoms in total. The number of nitrogens with zero attached hydrogens (tertiary/aromatic N) is 1. The standard InChI is InChI=1S/C13H18N2/c1-2-3-4-5-7-11-8-6-9-12(10-14)13(11)15/h6,8-9H,2-5,7,15H2,1H3. The molecule has 80 valence electrons. The molecule has 0 unspecified atom stereocenters. The molecule has 15 heavy (non-hydrogen) atoms. The van der Waals surface area contributed by atoms with Crippen molar-refractivity contribution in [3.05, 3.63) is 29.3 Å². The Balaban J connectivity index is 2.58. The third kappa shape index (κ3) is 3.28. The van der Waals surface area contributed by atoms with E-state index < -0.39 is 0 Å². The highest BCUT2D eigenvalue weighted by Crippen LogP contribution is 2.19. The summed E-state index contributed by atoms with van der Waals surface area (Å²) in [6.07, 6.45) is 5.91. The van der Waals surface area contributed by atoms with E-state index in [0.29, 0.717) is 11.3 Å². The van der Waals surface area contributed by atoms with Crippen molar-refractivity contribution in [3.8, 4) is 6.07 Å². The average molecular weight is 202 g/mol. The Morgan fingerprint density at radius 2 is 2.07 bits per heavy atom. The first-order valence-corrected chi connectivity index (χ1v) is 5.57. The van der Waals surface area contributed by atoms with Crippen molar-refractivity contribution in [2.45, 2.75) is 39.0 Å². The van der Waals surface area contributed by atoms with Crippen molar-refractivity contribution in [3.63, 3.8) is 0 Å². The van der Waals surface area contributed by atoms with E-state index in [0.717, 1.165) is 18.4 Å². The molecule has 0 atom stereocenters. The van der Waals surface area contributed by atoms with E-state index >= 15 is 0 Å². The van der Waals surface area contributed by atoms with Crippen molar-refractivity contribution in [1.29, 1.82) is 5.26 Å². The fourth-order valence-electron chi connectivity index (χ4n) is 1.67. The van der Waals surface area contributed by atoms with Crippen LogP contribution in [0.15, 0.2) is 18.2 Å². The van der Waals surface area contributed by atoms with Crippen molar-refractivity contribution < 1.29 is 0 Å². The Labute approximate surface area is 91.7 Å². The van der Waals surface area contributed by atoms with Crippen molar-refractivity contribution in [1.82, 2.24) is 0 Å². The van der Waals surface area contributed by atoms with Crippen LogP contribution in [0.25, 0.3) is 0 Å². The molecule has 0 bridgehead atoms. The Bertz CT molecular complexity index is 350. The summed E-state index contributed by atoms with van der Waals surface area (Å²) in [6.45, 7) is 2.20. The number of benzene rings is 1. The summed E-state index contributed by atoms with van der Waals surface area (Å²) in [5, 5.41) is 8.82. The Morgan fingerprint density at radius 1 is 1.27 bits per heavy atom. The Morgan fingerprint density at radius 3 is 2.73 bits per heavy atom. The minimum Gasteiger partial charge on any atom is -0.397 e. The molecule has 0 heterocycles. The minimum absolute atomic E-state index is 0.600. The number of unbranched alkanes of at least 4 members (excludes halogenated alkanes) is 3. The maximum absolute atomic E-state index is 8.82. The van der Waals surface area contributed by atoms with Crippen molar-refractivity contribution in [2.24, 2.45) is 0 Å². The van der Waals surface area contributed by atoms with Gasteiger partial charge in [-0.15, -0.1) is 0 Å². The topological polar surface area (TPSA) is 49.8 Å². The lowest BCUT2D eigenvalue weighted by molar-refractivity contribution is 0.667. The largest absolute Gasteiger partial charge is 0.397 e. The van der Waals surface area contributed by atoms with E-state index in [2.05, 4.69) is 13.0 Å². The van der Waals surface area contributed by atoms with E-state index in [9.17, 15) is 0 Å². The number of nitriles is 1. The second-order valence-electron chi connectivity index (χ2n) is 3.80. The van der Waals surface area contributed by atoms with Gasteiger partial charge in [-0.05, 0) is 24.5 Å². The first-order chi connectivity index (χ1) is 7.29. The molecule has 1 aromatic rings. The average Bonchev–Trinajstić information content (AvgIpc) is 2.26. The highest BCUT2D eigenvalue weighted by atomic mass is 14.6. The third-order valence-corrected chi connectivity index (χ3v) is 2.62. The van der Waals surface area contributed by atoms with E-state index in [4.69, 9.17) is 11.0 Å². The summed E-state index contributed by atoms with van der Waals surface area (Å²) < 4.78 is 0. The number of aryl methyl sites for hydroxylation is 1. The van der Waals surface area contributed by atoms with Gasteiger partial charge in [-0.2, -0.15) is 5.26 Å². The van der Waals surface area contributed by atoms with Gasteiger partial charge in [0.2, 0.25) is 0 Å². The number of hydrogen-bond acceptors (Lipinski definition) is 2. The van der Waals surface area contributed by atoms with Crippen LogP contribution in [0.2, 0.25) is 0 Å². The molecular weight excluding hydrogens is 184 g/mol. The zero-order valence-electron chi connectivity index (χ0n) is 9.29. The summed E-state index contributed by atoms with van der Waals surface area (Å²) in [4.78, 5) is 0. The maximum Gasteiger partial charge on any atom is 0.101 e. The summed E-state index contributed by atoms with van der Waals surface area (Å²) in [7, 11) is 0. The molecule has 0 aliphatic carbocycles. The van der Waals surface area contributed by atoms with E-state index in [1.165, 1.54) is 19.3 Å². The van der Waals surface area contributed by atoms with Crippen LogP contribution in [0.4, 0.5) is 5.69 Å². The highest BCUT2D eigenvalue weighted by Gasteiger charge is 2.03. The second-order valence-corrected chi connectivity index (χ2v) is 3.80. The van der Waals surface area contributed by atoms with Crippen molar-refractivity contribution in [2.75, 3.05) is 5.73 Å². The summed E-state index contributed by atoms with van der Waals surface area (Å²) in [5.41, 5.74) is 8.27. The lowest BCUT2D eigenvalue weighted by Crippen LogP contribution is -1.97. The molecule has 1 rings (SSSR count). The first kappa shape index (κ1) is 11.6. The molecule has 1 aromatic carbocycles. The molecule has 0 saturated carbocycles. The fraction of sp³-hybridized carbons (Fsp3) is 0.462. The predicted octanol–water partition coefficient (Wildman–Crippen LogP) is 3.26. The summed E-state index contributed by atoms with van der Waals surface area (Å²) >= 11 is 0.